The molecular formula is C18H28OSi. The first-order valence-electron chi connectivity index (χ1n) is 7.23. The lowest BCUT2D eigenvalue weighted by molar-refractivity contribution is 0.395. The van der Waals surface area contributed by atoms with E-state index >= 15 is 0 Å². The van der Waals surface area contributed by atoms with Crippen LogP contribution < -0.4 is 0 Å². The second kappa shape index (κ2) is 6.44. The molecule has 1 nitrogen and oxygen atoms in total. The van der Waals surface area contributed by atoms with Crippen LogP contribution in [0.3, 0.4) is 0 Å². The minimum atomic E-state index is -1.78. The monoisotopic (exact) mass is 288 g/mol. The lowest BCUT2D eigenvalue weighted by atomic mass is 10.2. The Morgan fingerprint density at radius 3 is 2.05 bits per heavy atom. The van der Waals surface area contributed by atoms with Crippen molar-refractivity contribution in [3.05, 3.63) is 53.3 Å². The summed E-state index contributed by atoms with van der Waals surface area (Å²) in [6.45, 7) is 15.6. The van der Waals surface area contributed by atoms with E-state index in [1.54, 1.807) is 0 Å². The van der Waals surface area contributed by atoms with Crippen LogP contribution in [0, 0.1) is 0 Å². The van der Waals surface area contributed by atoms with Crippen molar-refractivity contribution >= 4 is 14.4 Å². The van der Waals surface area contributed by atoms with Gasteiger partial charge in [0.05, 0.1) is 0 Å². The minimum absolute atomic E-state index is 0.217. The molecule has 0 heterocycles. The smallest absolute Gasteiger partial charge is 0.250 e. The van der Waals surface area contributed by atoms with Crippen molar-refractivity contribution in [2.24, 2.45) is 0 Å². The van der Waals surface area contributed by atoms with E-state index in [2.05, 4.69) is 84.1 Å². The van der Waals surface area contributed by atoms with Gasteiger partial charge in [0, 0.05) is 0 Å². The molecule has 0 radical (unpaired) electrons. The van der Waals surface area contributed by atoms with E-state index in [-0.39, 0.29) is 5.04 Å². The van der Waals surface area contributed by atoms with Crippen LogP contribution in [0.15, 0.2) is 47.7 Å². The number of hydrogen-bond acceptors (Lipinski definition) is 1. The number of benzene rings is 1. The molecule has 2 heteroatoms. The normalized spacial score (nSPS) is 12.6. The molecule has 1 rings (SSSR count). The van der Waals surface area contributed by atoms with Crippen molar-refractivity contribution in [3.8, 4) is 0 Å². The largest absolute Gasteiger partial charge is 0.544 e. The molecule has 0 aliphatic heterocycles. The highest BCUT2D eigenvalue weighted by atomic mass is 28.4. The van der Waals surface area contributed by atoms with Gasteiger partial charge in [-0.2, -0.15) is 0 Å². The van der Waals surface area contributed by atoms with Crippen molar-refractivity contribution in [1.29, 1.82) is 0 Å². The molecule has 0 fully saturated rings. The first kappa shape index (κ1) is 16.8. The van der Waals surface area contributed by atoms with E-state index in [1.165, 1.54) is 11.1 Å². The Kier molecular flexibility index (Phi) is 5.40. The highest BCUT2D eigenvalue weighted by Crippen LogP contribution is 2.38. The zero-order valence-electron chi connectivity index (χ0n) is 13.9. The van der Waals surface area contributed by atoms with Crippen LogP contribution in [-0.4, -0.2) is 8.32 Å². The summed E-state index contributed by atoms with van der Waals surface area (Å²) in [5, 5.41) is 0.217. The maximum atomic E-state index is 6.42. The molecule has 0 atom stereocenters. The molecule has 0 unspecified atom stereocenters. The lowest BCUT2D eigenvalue weighted by Crippen LogP contribution is -2.40. The molecule has 1 aromatic rings. The third kappa shape index (κ3) is 4.68. The van der Waals surface area contributed by atoms with Gasteiger partial charge in [0.2, 0.25) is 8.32 Å². The van der Waals surface area contributed by atoms with E-state index < -0.39 is 8.32 Å². The van der Waals surface area contributed by atoms with Crippen molar-refractivity contribution in [3.63, 3.8) is 0 Å². The van der Waals surface area contributed by atoms with Gasteiger partial charge in [-0.25, -0.2) is 0 Å². The summed E-state index contributed by atoms with van der Waals surface area (Å²) in [6.07, 6.45) is 4.22. The Hall–Kier alpha value is -1.28. The molecular weight excluding hydrogens is 260 g/mol. The summed E-state index contributed by atoms with van der Waals surface area (Å²) >= 11 is 0. The molecule has 110 valence electrons. The van der Waals surface area contributed by atoms with Gasteiger partial charge < -0.3 is 4.43 Å². The van der Waals surface area contributed by atoms with Gasteiger partial charge in [0.15, 0.2) is 0 Å². The fourth-order valence-electron chi connectivity index (χ4n) is 1.47. The fourth-order valence-corrected chi connectivity index (χ4v) is 2.59. The van der Waals surface area contributed by atoms with E-state index in [9.17, 15) is 0 Å². The molecule has 0 aliphatic rings. The zero-order chi connectivity index (χ0) is 15.4. The third-order valence-corrected chi connectivity index (χ3v) is 8.23. The lowest BCUT2D eigenvalue weighted by Gasteiger charge is -2.37. The van der Waals surface area contributed by atoms with Gasteiger partial charge in [-0.3, -0.25) is 0 Å². The summed E-state index contributed by atoms with van der Waals surface area (Å²) in [7, 11) is -1.78. The van der Waals surface area contributed by atoms with Crippen LogP contribution in [0.25, 0.3) is 6.08 Å². The third-order valence-electron chi connectivity index (χ3n) is 3.89. The molecule has 0 aliphatic carbocycles. The Morgan fingerprint density at radius 2 is 1.60 bits per heavy atom. The molecule has 20 heavy (non-hydrogen) atoms. The summed E-state index contributed by atoms with van der Waals surface area (Å²) in [4.78, 5) is 0. The molecule has 1 aromatic carbocycles. The van der Waals surface area contributed by atoms with Gasteiger partial charge >= 0.3 is 0 Å². The van der Waals surface area contributed by atoms with Crippen molar-refractivity contribution in [1.82, 2.24) is 0 Å². The first-order valence-corrected chi connectivity index (χ1v) is 10.1. The maximum absolute atomic E-state index is 6.42. The first-order chi connectivity index (χ1) is 9.13. The highest BCUT2D eigenvalue weighted by Gasteiger charge is 2.39. The molecule has 0 saturated heterocycles. The molecule has 0 aromatic heterocycles. The van der Waals surface area contributed by atoms with Gasteiger partial charge in [-0.15, -0.1) is 0 Å². The second-order valence-corrected chi connectivity index (χ2v) is 11.7. The average Bonchev–Trinajstić information content (AvgIpc) is 2.34. The predicted molar refractivity (Wildman–Crippen MR) is 92.1 cm³/mol. The Labute approximate surface area is 125 Å². The summed E-state index contributed by atoms with van der Waals surface area (Å²) in [6, 6.07) is 10.3. The summed E-state index contributed by atoms with van der Waals surface area (Å²) in [5.74, 6) is 1.01. The minimum Gasteiger partial charge on any atom is -0.544 e. The van der Waals surface area contributed by atoms with Gasteiger partial charge in [-0.1, -0.05) is 57.2 Å². The van der Waals surface area contributed by atoms with Gasteiger partial charge in [-0.05, 0) is 49.2 Å². The van der Waals surface area contributed by atoms with Crippen LogP contribution in [0.2, 0.25) is 18.1 Å². The maximum Gasteiger partial charge on any atom is 0.250 e. The Balaban J connectivity index is 2.94. The SMILES string of the molecule is CC(C)=C(/C=C/c1ccccc1)O[Si](C)(C)C(C)(C)C. The van der Waals surface area contributed by atoms with E-state index in [0.717, 1.165) is 5.76 Å². The number of allylic oxidation sites excluding steroid dienone is 2. The van der Waals surface area contributed by atoms with E-state index in [0.29, 0.717) is 0 Å². The summed E-state index contributed by atoms with van der Waals surface area (Å²) < 4.78 is 6.42. The number of hydrogen-bond donors (Lipinski definition) is 0. The fraction of sp³-hybridized carbons (Fsp3) is 0.444. The van der Waals surface area contributed by atoms with Crippen molar-refractivity contribution in [2.75, 3.05) is 0 Å². The Bertz CT molecular complexity index is 486. The standard InChI is InChI=1S/C18H28OSi/c1-15(2)17(19-20(6,7)18(3,4)5)14-13-16-11-9-8-10-12-16/h8-14H,1-7H3/b14-13+. The quantitative estimate of drug-likeness (QED) is 0.374. The molecule has 0 spiro atoms. The molecule has 0 N–H and O–H groups in total. The van der Waals surface area contributed by atoms with E-state index in [1.807, 2.05) is 6.07 Å². The van der Waals surface area contributed by atoms with Crippen molar-refractivity contribution < 1.29 is 4.43 Å². The number of rotatable bonds is 4. The highest BCUT2D eigenvalue weighted by molar-refractivity contribution is 6.74. The molecule has 0 amide bonds. The van der Waals surface area contributed by atoms with E-state index in [4.69, 9.17) is 4.43 Å². The zero-order valence-corrected chi connectivity index (χ0v) is 14.9. The summed E-state index contributed by atoms with van der Waals surface area (Å²) in [5.41, 5.74) is 2.42. The average molecular weight is 289 g/mol. The van der Waals surface area contributed by atoms with Crippen LogP contribution in [0.5, 0.6) is 0 Å². The van der Waals surface area contributed by atoms with Gasteiger partial charge in [0.25, 0.3) is 0 Å². The van der Waals surface area contributed by atoms with Gasteiger partial charge in [0.1, 0.15) is 5.76 Å². The molecule has 0 bridgehead atoms. The predicted octanol–water partition coefficient (Wildman–Crippen LogP) is 6.02. The van der Waals surface area contributed by atoms with Crippen LogP contribution in [-0.2, 0) is 4.43 Å². The van der Waals surface area contributed by atoms with Crippen molar-refractivity contribution in [2.45, 2.75) is 52.8 Å². The molecule has 0 saturated carbocycles. The topological polar surface area (TPSA) is 9.23 Å². The van der Waals surface area contributed by atoms with Crippen LogP contribution >= 0.6 is 0 Å². The Morgan fingerprint density at radius 1 is 1.05 bits per heavy atom. The second-order valence-electron chi connectivity index (χ2n) is 6.97. The van der Waals surface area contributed by atoms with Crippen LogP contribution in [0.4, 0.5) is 0 Å². The van der Waals surface area contributed by atoms with Crippen LogP contribution in [0.1, 0.15) is 40.2 Å².